The molecule has 0 saturated carbocycles. The van der Waals surface area contributed by atoms with Crippen molar-refractivity contribution < 1.29 is 9.18 Å². The van der Waals surface area contributed by atoms with Gasteiger partial charge in [0.15, 0.2) is 0 Å². The van der Waals surface area contributed by atoms with Crippen molar-refractivity contribution in [3.05, 3.63) is 99.3 Å². The number of para-hydroxylation sites is 2. The summed E-state index contributed by atoms with van der Waals surface area (Å²) in [5.74, 6) is 0.398. The van der Waals surface area contributed by atoms with E-state index in [1.165, 1.54) is 16.7 Å². The molecule has 0 aliphatic carbocycles. The first-order chi connectivity index (χ1) is 17.8. The highest BCUT2D eigenvalue weighted by atomic mass is 79.9. The van der Waals surface area contributed by atoms with Crippen LogP contribution in [-0.4, -0.2) is 27.0 Å². The fourth-order valence-electron chi connectivity index (χ4n) is 4.30. The highest BCUT2D eigenvalue weighted by Gasteiger charge is 2.29. The maximum atomic E-state index is 13.8. The highest BCUT2D eigenvalue weighted by Crippen LogP contribution is 2.29. The van der Waals surface area contributed by atoms with Crippen molar-refractivity contribution in [1.29, 1.82) is 0 Å². The number of hydrogen-bond donors (Lipinski definition) is 1. The van der Waals surface area contributed by atoms with Crippen molar-refractivity contribution in [2.45, 2.75) is 39.7 Å². The molecule has 8 heteroatoms. The fourth-order valence-corrected chi connectivity index (χ4v) is 4.69. The molecule has 3 aromatic carbocycles. The van der Waals surface area contributed by atoms with Gasteiger partial charge in [-0.2, -0.15) is 0 Å². The predicted molar refractivity (Wildman–Crippen MR) is 150 cm³/mol. The second-order valence-corrected chi connectivity index (χ2v) is 10.2. The van der Waals surface area contributed by atoms with E-state index in [1.54, 1.807) is 35.2 Å². The first-order valence-electron chi connectivity index (χ1n) is 12.4. The number of fused-ring (bicyclic) bond motifs is 1. The summed E-state index contributed by atoms with van der Waals surface area (Å²) < 4.78 is 16.0. The Bertz CT molecular complexity index is 1450. The van der Waals surface area contributed by atoms with E-state index >= 15 is 0 Å². The molecule has 4 aromatic rings. The first kappa shape index (κ1) is 26.5. The number of rotatable bonds is 8. The van der Waals surface area contributed by atoms with Gasteiger partial charge < -0.3 is 10.2 Å². The van der Waals surface area contributed by atoms with Gasteiger partial charge in [-0.25, -0.2) is 14.2 Å². The summed E-state index contributed by atoms with van der Waals surface area (Å²) in [4.78, 5) is 34.1. The summed E-state index contributed by atoms with van der Waals surface area (Å²) in [7, 11) is 0. The Morgan fingerprint density at radius 2 is 1.73 bits per heavy atom. The Morgan fingerprint density at radius 3 is 2.41 bits per heavy atom. The molecule has 0 bridgehead atoms. The van der Waals surface area contributed by atoms with E-state index < -0.39 is 11.9 Å². The molecule has 1 unspecified atom stereocenters. The Morgan fingerprint density at radius 1 is 1.05 bits per heavy atom. The number of nitrogens with one attached hydrogen (secondary N) is 1. The molecule has 2 amide bonds. The zero-order valence-corrected chi connectivity index (χ0v) is 22.7. The van der Waals surface area contributed by atoms with Crippen LogP contribution in [0.2, 0.25) is 0 Å². The number of benzene rings is 3. The van der Waals surface area contributed by atoms with Gasteiger partial charge in [0, 0.05) is 11.0 Å². The number of halogens is 2. The molecular weight excluding hydrogens is 535 g/mol. The number of anilines is 1. The van der Waals surface area contributed by atoms with Gasteiger partial charge >= 0.3 is 6.03 Å². The van der Waals surface area contributed by atoms with Crippen LogP contribution in [0.4, 0.5) is 14.9 Å². The minimum atomic E-state index is -0.511. The van der Waals surface area contributed by atoms with Gasteiger partial charge in [0.05, 0.1) is 28.3 Å². The molecule has 1 N–H and O–H groups in total. The van der Waals surface area contributed by atoms with E-state index in [9.17, 15) is 14.0 Å². The van der Waals surface area contributed by atoms with E-state index in [2.05, 4.69) is 35.1 Å². The van der Waals surface area contributed by atoms with Crippen LogP contribution in [0.5, 0.6) is 0 Å². The third-order valence-electron chi connectivity index (χ3n) is 6.27. The van der Waals surface area contributed by atoms with Crippen LogP contribution >= 0.6 is 15.9 Å². The van der Waals surface area contributed by atoms with E-state index in [1.807, 2.05) is 37.3 Å². The van der Waals surface area contributed by atoms with Crippen LogP contribution in [0, 0.1) is 11.7 Å². The van der Waals surface area contributed by atoms with Gasteiger partial charge in [-0.1, -0.05) is 45.0 Å². The number of carbonyl (C=O) groups is 1. The van der Waals surface area contributed by atoms with Crippen LogP contribution in [-0.2, 0) is 0 Å². The second-order valence-electron chi connectivity index (χ2n) is 9.31. The average Bonchev–Trinajstić information content (AvgIpc) is 2.88. The number of hydrogen-bond acceptors (Lipinski definition) is 3. The van der Waals surface area contributed by atoms with Gasteiger partial charge in [0.25, 0.3) is 5.56 Å². The quantitative estimate of drug-likeness (QED) is 0.244. The third-order valence-corrected chi connectivity index (χ3v) is 6.96. The molecule has 1 heterocycles. The normalized spacial score (nSPS) is 12.1. The van der Waals surface area contributed by atoms with E-state index in [0.29, 0.717) is 47.0 Å². The van der Waals surface area contributed by atoms with Gasteiger partial charge in [-0.15, -0.1) is 0 Å². The molecule has 192 valence electrons. The second kappa shape index (κ2) is 11.7. The van der Waals surface area contributed by atoms with Crippen molar-refractivity contribution in [2.24, 2.45) is 5.92 Å². The molecule has 0 spiro atoms. The maximum absolute atomic E-state index is 13.8. The predicted octanol–water partition coefficient (Wildman–Crippen LogP) is 7.32. The van der Waals surface area contributed by atoms with Crippen LogP contribution in [0.25, 0.3) is 16.6 Å². The van der Waals surface area contributed by atoms with Gasteiger partial charge in [0.2, 0.25) is 0 Å². The van der Waals surface area contributed by atoms with Crippen LogP contribution in [0.1, 0.15) is 45.5 Å². The van der Waals surface area contributed by atoms with E-state index in [4.69, 9.17) is 4.98 Å². The SMILES string of the molecule is CCC(c1nc2ccccc2c(=O)n1-c1ccc(F)cc1)N(CCC(C)C)C(=O)Nc1ccccc1Br. The number of amides is 2. The minimum Gasteiger partial charge on any atom is -0.314 e. The number of aromatic nitrogens is 2. The largest absolute Gasteiger partial charge is 0.322 e. The summed E-state index contributed by atoms with van der Waals surface area (Å²) >= 11 is 3.50. The zero-order valence-electron chi connectivity index (χ0n) is 21.1. The monoisotopic (exact) mass is 564 g/mol. The van der Waals surface area contributed by atoms with Crippen molar-refractivity contribution >= 4 is 38.6 Å². The lowest BCUT2D eigenvalue weighted by Crippen LogP contribution is -2.41. The molecule has 4 rings (SSSR count). The summed E-state index contributed by atoms with van der Waals surface area (Å²) in [6, 6.07) is 19.5. The van der Waals surface area contributed by atoms with E-state index in [0.717, 1.165) is 10.9 Å². The molecule has 6 nitrogen and oxygen atoms in total. The summed E-state index contributed by atoms with van der Waals surface area (Å²) in [5.41, 5.74) is 1.43. The van der Waals surface area contributed by atoms with Crippen LogP contribution < -0.4 is 10.9 Å². The first-order valence-corrected chi connectivity index (χ1v) is 13.2. The molecule has 37 heavy (non-hydrogen) atoms. The van der Waals surface area contributed by atoms with E-state index in [-0.39, 0.29) is 11.6 Å². The minimum absolute atomic E-state index is 0.263. The Hall–Kier alpha value is -3.52. The standard InChI is InChI=1S/C29H30BrFN4O2/c1-4-26(34(18-17-19(2)3)29(37)33-25-12-8-6-10-23(25)30)27-32-24-11-7-5-9-22(24)28(36)35(27)21-15-13-20(31)14-16-21/h5-16,19,26H,4,17-18H2,1-3H3,(H,33,37). The van der Waals surface area contributed by atoms with Crippen molar-refractivity contribution in [3.63, 3.8) is 0 Å². The molecule has 1 atom stereocenters. The maximum Gasteiger partial charge on any atom is 0.322 e. The average molecular weight is 565 g/mol. The summed E-state index contributed by atoms with van der Waals surface area (Å²) in [6.45, 7) is 6.65. The van der Waals surface area contributed by atoms with Gasteiger partial charge in [-0.05, 0) is 83.2 Å². The van der Waals surface area contributed by atoms with Crippen LogP contribution in [0.3, 0.4) is 0 Å². The highest BCUT2D eigenvalue weighted by molar-refractivity contribution is 9.10. The molecule has 0 saturated heterocycles. The number of nitrogens with zero attached hydrogens (tertiary/aromatic N) is 3. The van der Waals surface area contributed by atoms with Gasteiger partial charge in [-0.3, -0.25) is 9.36 Å². The topological polar surface area (TPSA) is 67.2 Å². The number of urea groups is 1. The lowest BCUT2D eigenvalue weighted by molar-refractivity contribution is 0.176. The molecule has 0 fully saturated rings. The van der Waals surface area contributed by atoms with Crippen molar-refractivity contribution in [3.8, 4) is 5.69 Å². The lowest BCUT2D eigenvalue weighted by Gasteiger charge is -2.33. The molecule has 0 aliphatic rings. The zero-order chi connectivity index (χ0) is 26.5. The Balaban J connectivity index is 1.87. The van der Waals surface area contributed by atoms with Crippen molar-refractivity contribution in [1.82, 2.24) is 14.5 Å². The van der Waals surface area contributed by atoms with Crippen molar-refractivity contribution in [2.75, 3.05) is 11.9 Å². The molecule has 0 radical (unpaired) electrons. The van der Waals surface area contributed by atoms with Crippen LogP contribution in [0.15, 0.2) is 82.1 Å². The molecule has 1 aromatic heterocycles. The smallest absolute Gasteiger partial charge is 0.314 e. The summed E-state index contributed by atoms with van der Waals surface area (Å²) in [6.07, 6.45) is 1.29. The number of carbonyl (C=O) groups excluding carboxylic acids is 1. The fraction of sp³-hybridized carbons (Fsp3) is 0.276. The molecule has 0 aliphatic heterocycles. The third kappa shape index (κ3) is 5.91. The Kier molecular flexibility index (Phi) is 8.38. The Labute approximate surface area is 224 Å². The summed E-state index contributed by atoms with van der Waals surface area (Å²) in [5, 5.41) is 3.47. The van der Waals surface area contributed by atoms with Gasteiger partial charge in [0.1, 0.15) is 11.6 Å². The molecular formula is C29H30BrFN4O2. The lowest BCUT2D eigenvalue weighted by atomic mass is 10.1.